The zero-order valence-corrected chi connectivity index (χ0v) is 17.4. The average Bonchev–Trinajstić information content (AvgIpc) is 2.64. The molecule has 9 heteroatoms. The molecule has 0 radical (unpaired) electrons. The van der Waals surface area contributed by atoms with Crippen molar-refractivity contribution in [2.75, 3.05) is 26.6 Å². The second kappa shape index (κ2) is 10.2. The van der Waals surface area contributed by atoms with Crippen molar-refractivity contribution in [3.63, 3.8) is 0 Å². The van der Waals surface area contributed by atoms with E-state index in [1.54, 1.807) is 39.5 Å². The normalized spacial score (nSPS) is 11.4. The molecule has 0 unspecified atom stereocenters. The van der Waals surface area contributed by atoms with E-state index in [9.17, 15) is 13.2 Å². The summed E-state index contributed by atoms with van der Waals surface area (Å²) in [6.45, 7) is 0.325. The van der Waals surface area contributed by atoms with E-state index in [0.717, 1.165) is 17.8 Å². The summed E-state index contributed by atoms with van der Waals surface area (Å²) in [5.74, 6) is 1.64. The van der Waals surface area contributed by atoms with Crippen LogP contribution in [-0.4, -0.2) is 27.2 Å². The number of nitrogens with zero attached hydrogens (tertiary/aromatic N) is 1. The number of aliphatic imine (C=N–C) groups is 1. The van der Waals surface area contributed by atoms with Crippen LogP contribution < -0.4 is 20.1 Å². The number of hydrogen-bond donors (Lipinski definition) is 2. The molecule has 2 aromatic rings. The molecule has 0 saturated carbocycles. The summed E-state index contributed by atoms with van der Waals surface area (Å²) < 4.78 is 48.2. The van der Waals surface area contributed by atoms with Gasteiger partial charge in [-0.15, -0.1) is 24.0 Å². The molecule has 0 fully saturated rings. The van der Waals surface area contributed by atoms with Crippen molar-refractivity contribution in [3.8, 4) is 11.5 Å². The van der Waals surface area contributed by atoms with Crippen molar-refractivity contribution in [1.82, 2.24) is 5.32 Å². The van der Waals surface area contributed by atoms with E-state index in [1.807, 2.05) is 0 Å². The highest BCUT2D eigenvalue weighted by molar-refractivity contribution is 14.0. The SMILES string of the molecule is CN=C(NCc1ccc(C(F)(F)F)cc1)Nc1ccc(OC)c(OC)c1.I. The number of alkyl halides is 3. The third-order valence-corrected chi connectivity index (χ3v) is 3.61. The van der Waals surface area contributed by atoms with E-state index in [0.29, 0.717) is 29.6 Å². The van der Waals surface area contributed by atoms with Crippen LogP contribution >= 0.6 is 24.0 Å². The van der Waals surface area contributed by atoms with Gasteiger partial charge in [0, 0.05) is 25.3 Å². The number of anilines is 1. The van der Waals surface area contributed by atoms with Gasteiger partial charge in [-0.1, -0.05) is 12.1 Å². The van der Waals surface area contributed by atoms with Crippen LogP contribution in [0.2, 0.25) is 0 Å². The van der Waals surface area contributed by atoms with E-state index >= 15 is 0 Å². The highest BCUT2D eigenvalue weighted by atomic mass is 127. The molecule has 0 amide bonds. The summed E-state index contributed by atoms with van der Waals surface area (Å²) in [4.78, 5) is 4.10. The van der Waals surface area contributed by atoms with E-state index in [-0.39, 0.29) is 24.0 Å². The number of methoxy groups -OCH3 is 2. The minimum atomic E-state index is -4.34. The van der Waals surface area contributed by atoms with Crippen molar-refractivity contribution >= 4 is 35.6 Å². The summed E-state index contributed by atoms with van der Waals surface area (Å²) in [5.41, 5.74) is 0.755. The zero-order valence-electron chi connectivity index (χ0n) is 15.1. The maximum Gasteiger partial charge on any atom is 0.416 e. The molecule has 2 rings (SSSR count). The molecule has 0 heterocycles. The Morgan fingerprint density at radius 1 is 1.00 bits per heavy atom. The van der Waals surface area contributed by atoms with Crippen LogP contribution in [-0.2, 0) is 12.7 Å². The molecule has 0 aliphatic rings. The Bertz CT molecular complexity index is 765. The number of halogens is 4. The molecule has 2 aromatic carbocycles. The van der Waals surface area contributed by atoms with Gasteiger partial charge in [0.05, 0.1) is 19.8 Å². The lowest BCUT2D eigenvalue weighted by molar-refractivity contribution is -0.137. The number of nitrogens with one attached hydrogen (secondary N) is 2. The largest absolute Gasteiger partial charge is 0.493 e. The van der Waals surface area contributed by atoms with Crippen LogP contribution in [0, 0.1) is 0 Å². The van der Waals surface area contributed by atoms with Crippen LogP contribution in [0.5, 0.6) is 11.5 Å². The molecule has 0 aliphatic carbocycles. The molecule has 0 bridgehead atoms. The molecule has 5 nitrogen and oxygen atoms in total. The third kappa shape index (κ3) is 6.49. The Balaban J connectivity index is 0.00000364. The lowest BCUT2D eigenvalue weighted by atomic mass is 10.1. The van der Waals surface area contributed by atoms with Gasteiger partial charge in [0.15, 0.2) is 17.5 Å². The second-order valence-corrected chi connectivity index (χ2v) is 5.32. The molecule has 0 aliphatic heterocycles. The molecule has 2 N–H and O–H groups in total. The van der Waals surface area contributed by atoms with Gasteiger partial charge in [0.25, 0.3) is 0 Å². The first kappa shape index (κ1) is 22.9. The van der Waals surface area contributed by atoms with E-state index < -0.39 is 11.7 Å². The van der Waals surface area contributed by atoms with Gasteiger partial charge in [0.2, 0.25) is 0 Å². The van der Waals surface area contributed by atoms with E-state index in [4.69, 9.17) is 9.47 Å². The molecule has 0 atom stereocenters. The van der Waals surface area contributed by atoms with Crippen LogP contribution in [0.15, 0.2) is 47.5 Å². The highest BCUT2D eigenvalue weighted by Crippen LogP contribution is 2.30. The van der Waals surface area contributed by atoms with Crippen molar-refractivity contribution in [2.45, 2.75) is 12.7 Å². The Kier molecular flexibility index (Phi) is 8.67. The summed E-state index contributed by atoms with van der Waals surface area (Å²) in [6.07, 6.45) is -4.34. The number of guanidine groups is 1. The first-order chi connectivity index (χ1) is 12.4. The van der Waals surface area contributed by atoms with Crippen molar-refractivity contribution in [1.29, 1.82) is 0 Å². The third-order valence-electron chi connectivity index (χ3n) is 3.61. The Morgan fingerprint density at radius 2 is 1.63 bits per heavy atom. The van der Waals surface area contributed by atoms with Crippen LogP contribution in [0.3, 0.4) is 0 Å². The summed E-state index contributed by atoms with van der Waals surface area (Å²) in [7, 11) is 4.69. The first-order valence-electron chi connectivity index (χ1n) is 7.73. The first-order valence-corrected chi connectivity index (χ1v) is 7.73. The van der Waals surface area contributed by atoms with E-state index in [1.165, 1.54) is 12.1 Å². The molecule has 0 saturated heterocycles. The van der Waals surface area contributed by atoms with Crippen LogP contribution in [0.4, 0.5) is 18.9 Å². The molecular formula is C18H21F3IN3O2. The molecule has 148 valence electrons. The minimum absolute atomic E-state index is 0. The number of rotatable bonds is 5. The monoisotopic (exact) mass is 495 g/mol. The average molecular weight is 495 g/mol. The number of hydrogen-bond acceptors (Lipinski definition) is 3. The maximum atomic E-state index is 12.6. The predicted molar refractivity (Wildman–Crippen MR) is 110 cm³/mol. The van der Waals surface area contributed by atoms with Gasteiger partial charge in [-0.3, -0.25) is 4.99 Å². The fraction of sp³-hybridized carbons (Fsp3) is 0.278. The lowest BCUT2D eigenvalue weighted by Crippen LogP contribution is -2.30. The van der Waals surface area contributed by atoms with Crippen molar-refractivity contribution in [3.05, 3.63) is 53.6 Å². The lowest BCUT2D eigenvalue weighted by Gasteiger charge is -2.14. The van der Waals surface area contributed by atoms with Gasteiger partial charge in [-0.2, -0.15) is 13.2 Å². The molecule has 27 heavy (non-hydrogen) atoms. The summed E-state index contributed by atoms with van der Waals surface area (Å²) in [5, 5.41) is 6.13. The van der Waals surface area contributed by atoms with Gasteiger partial charge < -0.3 is 20.1 Å². The Hall–Kier alpha value is -2.17. The number of benzene rings is 2. The van der Waals surface area contributed by atoms with E-state index in [2.05, 4.69) is 15.6 Å². The van der Waals surface area contributed by atoms with Crippen molar-refractivity contribution in [2.24, 2.45) is 4.99 Å². The van der Waals surface area contributed by atoms with Crippen LogP contribution in [0.1, 0.15) is 11.1 Å². The van der Waals surface area contributed by atoms with Gasteiger partial charge in [-0.05, 0) is 29.8 Å². The number of ether oxygens (including phenoxy) is 2. The minimum Gasteiger partial charge on any atom is -0.493 e. The summed E-state index contributed by atoms with van der Waals surface area (Å²) >= 11 is 0. The molecule has 0 spiro atoms. The topological polar surface area (TPSA) is 54.9 Å². The Labute approximate surface area is 173 Å². The van der Waals surface area contributed by atoms with Gasteiger partial charge in [0.1, 0.15) is 0 Å². The maximum absolute atomic E-state index is 12.6. The predicted octanol–water partition coefficient (Wildman–Crippen LogP) is 4.53. The fourth-order valence-electron chi connectivity index (χ4n) is 2.23. The quantitative estimate of drug-likeness (QED) is 0.364. The standard InChI is InChI=1S/C18H20F3N3O2.HI/c1-22-17(24-14-8-9-15(25-2)16(10-14)26-3)23-11-12-4-6-13(7-5-12)18(19,20)21;/h4-10H,11H2,1-3H3,(H2,22,23,24);1H. The molecular weight excluding hydrogens is 474 g/mol. The van der Waals surface area contributed by atoms with Gasteiger partial charge in [-0.25, -0.2) is 0 Å². The smallest absolute Gasteiger partial charge is 0.416 e. The highest BCUT2D eigenvalue weighted by Gasteiger charge is 2.29. The molecule has 0 aromatic heterocycles. The Morgan fingerprint density at radius 3 is 2.15 bits per heavy atom. The second-order valence-electron chi connectivity index (χ2n) is 5.32. The zero-order chi connectivity index (χ0) is 19.2. The fourth-order valence-corrected chi connectivity index (χ4v) is 2.23. The van der Waals surface area contributed by atoms with Crippen molar-refractivity contribution < 1.29 is 22.6 Å². The summed E-state index contributed by atoms with van der Waals surface area (Å²) in [6, 6.07) is 10.3. The van der Waals surface area contributed by atoms with Gasteiger partial charge >= 0.3 is 6.18 Å². The van der Waals surface area contributed by atoms with Crippen LogP contribution in [0.25, 0.3) is 0 Å².